The van der Waals surface area contributed by atoms with Crippen molar-refractivity contribution in [1.29, 1.82) is 0 Å². The van der Waals surface area contributed by atoms with Crippen LogP contribution in [0, 0.1) is 17.8 Å². The van der Waals surface area contributed by atoms with Crippen LogP contribution in [0.2, 0.25) is 0 Å². The fourth-order valence-electron chi connectivity index (χ4n) is 5.54. The molecule has 3 atom stereocenters. The second kappa shape index (κ2) is 11.0. The third-order valence-electron chi connectivity index (χ3n) is 7.41. The van der Waals surface area contributed by atoms with Gasteiger partial charge >= 0.3 is 0 Å². The highest BCUT2D eigenvalue weighted by Crippen LogP contribution is 2.43. The van der Waals surface area contributed by atoms with Gasteiger partial charge in [-0.2, -0.15) is 0 Å². The highest BCUT2D eigenvalue weighted by molar-refractivity contribution is 5.94. The minimum Gasteiger partial charge on any atom is -0.490 e. The fraction of sp³-hybridized carbons (Fsp3) is 0.593. The molecular formula is C27H36N2O4. The van der Waals surface area contributed by atoms with Crippen molar-refractivity contribution in [3.63, 3.8) is 0 Å². The average molecular weight is 453 g/mol. The number of rotatable bonds is 9. The van der Waals surface area contributed by atoms with Crippen LogP contribution in [0.15, 0.2) is 36.4 Å². The first-order chi connectivity index (χ1) is 16.0. The molecule has 3 aliphatic rings. The lowest BCUT2D eigenvalue weighted by atomic mass is 9.89. The number of amides is 2. The predicted molar refractivity (Wildman–Crippen MR) is 127 cm³/mol. The molecule has 1 aliphatic heterocycles. The number of ether oxygens (including phenoxy) is 1. The van der Waals surface area contributed by atoms with Crippen molar-refractivity contribution in [2.75, 3.05) is 19.6 Å². The van der Waals surface area contributed by atoms with Crippen LogP contribution >= 0.6 is 0 Å². The molecular weight excluding hydrogens is 416 g/mol. The number of fused-ring (bicyclic) bond motifs is 2. The summed E-state index contributed by atoms with van der Waals surface area (Å²) in [5.74, 6) is 3.00. The molecule has 1 aromatic carbocycles. The van der Waals surface area contributed by atoms with Crippen LogP contribution in [-0.2, 0) is 9.59 Å². The zero-order valence-corrected chi connectivity index (χ0v) is 19.6. The van der Waals surface area contributed by atoms with E-state index < -0.39 is 0 Å². The van der Waals surface area contributed by atoms with Crippen molar-refractivity contribution in [1.82, 2.24) is 10.2 Å². The maximum atomic E-state index is 12.7. The summed E-state index contributed by atoms with van der Waals surface area (Å²) in [7, 11) is 0. The molecule has 0 radical (unpaired) electrons. The van der Waals surface area contributed by atoms with E-state index in [1.54, 1.807) is 0 Å². The van der Waals surface area contributed by atoms with Crippen molar-refractivity contribution < 1.29 is 19.1 Å². The molecule has 2 amide bonds. The van der Waals surface area contributed by atoms with Gasteiger partial charge in [0.15, 0.2) is 0 Å². The Balaban J connectivity index is 1.20. The topological polar surface area (TPSA) is 75.7 Å². The van der Waals surface area contributed by atoms with Crippen molar-refractivity contribution in [2.24, 2.45) is 17.8 Å². The molecule has 4 rings (SSSR count). The van der Waals surface area contributed by atoms with Crippen LogP contribution < -0.4 is 10.1 Å². The van der Waals surface area contributed by atoms with Crippen LogP contribution in [0.5, 0.6) is 5.75 Å². The molecule has 1 heterocycles. The second-order valence-corrected chi connectivity index (χ2v) is 9.89. The Labute approximate surface area is 196 Å². The van der Waals surface area contributed by atoms with Gasteiger partial charge in [0.25, 0.3) is 5.91 Å². The molecule has 6 heteroatoms. The van der Waals surface area contributed by atoms with Crippen LogP contribution in [-0.4, -0.2) is 48.2 Å². The van der Waals surface area contributed by atoms with Gasteiger partial charge in [-0.1, -0.05) is 18.2 Å². The van der Waals surface area contributed by atoms with Crippen molar-refractivity contribution in [3.05, 3.63) is 42.0 Å². The number of nitrogens with zero attached hydrogens (tertiary/aromatic N) is 1. The quantitative estimate of drug-likeness (QED) is 0.571. The number of carbonyl (C=O) groups is 3. The summed E-state index contributed by atoms with van der Waals surface area (Å²) in [6.45, 7) is 3.51. The Bertz CT molecular complexity index is 888. The molecule has 2 fully saturated rings. The van der Waals surface area contributed by atoms with E-state index in [0.717, 1.165) is 37.0 Å². The first-order valence-electron chi connectivity index (χ1n) is 12.5. The highest BCUT2D eigenvalue weighted by atomic mass is 16.5. The lowest BCUT2D eigenvalue weighted by Gasteiger charge is -2.32. The van der Waals surface area contributed by atoms with Crippen molar-refractivity contribution >= 4 is 17.6 Å². The van der Waals surface area contributed by atoms with Gasteiger partial charge in [-0.3, -0.25) is 9.59 Å². The molecule has 1 N–H and O–H groups in total. The summed E-state index contributed by atoms with van der Waals surface area (Å²) in [5, 5.41) is 3.09. The molecule has 1 saturated carbocycles. The molecule has 2 aliphatic carbocycles. The van der Waals surface area contributed by atoms with Gasteiger partial charge in [0.2, 0.25) is 5.91 Å². The summed E-state index contributed by atoms with van der Waals surface area (Å²) in [4.78, 5) is 37.8. The largest absolute Gasteiger partial charge is 0.490 e. The Morgan fingerprint density at radius 3 is 2.70 bits per heavy atom. The molecule has 3 unspecified atom stereocenters. The fourth-order valence-corrected chi connectivity index (χ4v) is 5.54. The third kappa shape index (κ3) is 6.46. The van der Waals surface area contributed by atoms with E-state index in [2.05, 4.69) is 17.5 Å². The Hall–Kier alpha value is -2.63. The van der Waals surface area contributed by atoms with Gasteiger partial charge in [-0.15, -0.1) is 0 Å². The van der Waals surface area contributed by atoms with E-state index in [9.17, 15) is 14.4 Å². The smallest absolute Gasteiger partial charge is 0.251 e. The molecule has 2 bridgehead atoms. The van der Waals surface area contributed by atoms with E-state index in [-0.39, 0.29) is 30.1 Å². The van der Waals surface area contributed by atoms with Gasteiger partial charge in [0, 0.05) is 50.9 Å². The van der Waals surface area contributed by atoms with E-state index in [4.69, 9.17) is 4.74 Å². The van der Waals surface area contributed by atoms with Gasteiger partial charge in [0.1, 0.15) is 17.6 Å². The molecule has 0 spiro atoms. The number of nitrogens with one attached hydrogen (secondary N) is 1. The van der Waals surface area contributed by atoms with Gasteiger partial charge in [-0.25, -0.2) is 0 Å². The van der Waals surface area contributed by atoms with Crippen molar-refractivity contribution in [3.8, 4) is 5.75 Å². The van der Waals surface area contributed by atoms with Gasteiger partial charge in [0.05, 0.1) is 0 Å². The number of Topliss-reactive ketones (excluding diaryl/α,β-unsaturated/α-hetero) is 1. The van der Waals surface area contributed by atoms with Crippen molar-refractivity contribution in [2.45, 2.75) is 64.4 Å². The van der Waals surface area contributed by atoms with Crippen LogP contribution in [0.3, 0.4) is 0 Å². The lowest BCUT2D eigenvalue weighted by Crippen LogP contribution is -2.41. The van der Waals surface area contributed by atoms with Crippen LogP contribution in [0.4, 0.5) is 0 Å². The number of likely N-dealkylation sites (tertiary alicyclic amines) is 1. The van der Waals surface area contributed by atoms with Gasteiger partial charge in [-0.05, 0) is 68.6 Å². The summed E-state index contributed by atoms with van der Waals surface area (Å²) < 4.78 is 6.13. The maximum Gasteiger partial charge on any atom is 0.251 e. The average Bonchev–Trinajstić information content (AvgIpc) is 3.10. The second-order valence-electron chi connectivity index (χ2n) is 9.89. The molecule has 0 aromatic heterocycles. The first kappa shape index (κ1) is 23.5. The molecule has 6 nitrogen and oxygen atoms in total. The minimum atomic E-state index is -0.0505. The monoisotopic (exact) mass is 452 g/mol. The third-order valence-corrected chi connectivity index (χ3v) is 7.41. The van der Waals surface area contributed by atoms with E-state index in [1.165, 1.54) is 26.2 Å². The highest BCUT2D eigenvalue weighted by Gasteiger charge is 2.34. The Kier molecular flexibility index (Phi) is 7.84. The summed E-state index contributed by atoms with van der Waals surface area (Å²) in [6.07, 6.45) is 11.7. The normalized spacial score (nSPS) is 24.5. The number of piperidine rings is 1. The number of benzene rings is 1. The maximum absolute atomic E-state index is 12.7. The summed E-state index contributed by atoms with van der Waals surface area (Å²) in [5.41, 5.74) is 0.621. The molecule has 1 aromatic rings. The SMILES string of the molecule is CC(=O)CCC(=O)N1CCC(Oc2cccc(C(=O)NCCC3CC4C=CCC3C4)c2)CC1. The van der Waals surface area contributed by atoms with E-state index in [0.29, 0.717) is 37.4 Å². The van der Waals surface area contributed by atoms with E-state index in [1.807, 2.05) is 29.2 Å². The van der Waals surface area contributed by atoms with Gasteiger partial charge < -0.3 is 19.7 Å². The summed E-state index contributed by atoms with van der Waals surface area (Å²) >= 11 is 0. The number of carbonyl (C=O) groups excluding carboxylic acids is 3. The molecule has 178 valence electrons. The minimum absolute atomic E-state index is 0.0236. The lowest BCUT2D eigenvalue weighted by molar-refractivity contribution is -0.134. The Morgan fingerprint density at radius 2 is 1.94 bits per heavy atom. The zero-order valence-electron chi connectivity index (χ0n) is 19.6. The first-order valence-corrected chi connectivity index (χ1v) is 12.5. The number of hydrogen-bond donors (Lipinski definition) is 1. The Morgan fingerprint density at radius 1 is 1.12 bits per heavy atom. The van der Waals surface area contributed by atoms with Crippen LogP contribution in [0.1, 0.15) is 68.6 Å². The zero-order chi connectivity index (χ0) is 23.2. The summed E-state index contributed by atoms with van der Waals surface area (Å²) in [6, 6.07) is 7.38. The number of ketones is 1. The predicted octanol–water partition coefficient (Wildman–Crippen LogP) is 4.15. The standard InChI is InChI=1S/C27H36N2O4/c1-19(30)8-9-26(31)29-14-11-24(12-15-29)33-25-7-3-6-23(18-25)27(32)28-13-10-22-17-20-4-2-5-21(22)16-20/h2-4,6-7,18,20-22,24H,5,8-17H2,1H3,(H,28,32). The number of hydrogen-bond acceptors (Lipinski definition) is 4. The van der Waals surface area contributed by atoms with Crippen LogP contribution in [0.25, 0.3) is 0 Å². The van der Waals surface area contributed by atoms with E-state index >= 15 is 0 Å². The number of allylic oxidation sites excluding steroid dienone is 2. The molecule has 1 saturated heterocycles. The molecule has 33 heavy (non-hydrogen) atoms.